The van der Waals surface area contributed by atoms with Gasteiger partial charge in [-0.25, -0.2) is 0 Å². The van der Waals surface area contributed by atoms with Gasteiger partial charge in [-0.05, 0) is 55.0 Å². The monoisotopic (exact) mass is 358 g/mol. The number of amides is 2. The van der Waals surface area contributed by atoms with Gasteiger partial charge in [0.05, 0.1) is 12.2 Å². The minimum atomic E-state index is -0.480. The van der Waals surface area contributed by atoms with Crippen LogP contribution < -0.4 is 15.8 Å². The highest BCUT2D eigenvalue weighted by molar-refractivity contribution is 7.17. The van der Waals surface area contributed by atoms with Crippen molar-refractivity contribution >= 4 is 28.2 Å². The number of rotatable bonds is 6. The average molecular weight is 358 g/mol. The van der Waals surface area contributed by atoms with Gasteiger partial charge in [-0.1, -0.05) is 13.8 Å². The molecule has 0 aliphatic heterocycles. The maximum Gasteiger partial charge on any atom is 0.256 e. The summed E-state index contributed by atoms with van der Waals surface area (Å²) in [7, 11) is 0. The molecule has 1 heterocycles. The van der Waals surface area contributed by atoms with Crippen LogP contribution in [0.25, 0.3) is 0 Å². The second kappa shape index (κ2) is 7.27. The standard InChI is InChI=1S/C19H22N2O3S/c1-11(2)10-24-13-8-6-12(7-9-13)18(23)21-19-16(17(20)22)14-4-3-5-15(14)25-19/h6-9,11H,3-5,10H2,1-2H3,(H2,20,22)(H,21,23). The minimum Gasteiger partial charge on any atom is -0.493 e. The third kappa shape index (κ3) is 3.85. The molecular formula is C19H22N2O3S. The Morgan fingerprint density at radius 1 is 1.24 bits per heavy atom. The van der Waals surface area contributed by atoms with E-state index >= 15 is 0 Å². The number of thiophene rings is 1. The van der Waals surface area contributed by atoms with Crippen LogP contribution in [0.5, 0.6) is 5.75 Å². The van der Waals surface area contributed by atoms with Crippen LogP contribution in [0.3, 0.4) is 0 Å². The fraction of sp³-hybridized carbons (Fsp3) is 0.368. The molecule has 132 valence electrons. The molecular weight excluding hydrogens is 336 g/mol. The van der Waals surface area contributed by atoms with Crippen LogP contribution in [0.1, 0.15) is 51.4 Å². The molecule has 25 heavy (non-hydrogen) atoms. The number of benzene rings is 1. The van der Waals surface area contributed by atoms with Gasteiger partial charge in [0.15, 0.2) is 0 Å². The van der Waals surface area contributed by atoms with Crippen LogP contribution in [0.15, 0.2) is 24.3 Å². The number of primary amides is 1. The molecule has 0 radical (unpaired) electrons. The van der Waals surface area contributed by atoms with Crippen LogP contribution in [0.4, 0.5) is 5.00 Å². The first-order chi connectivity index (χ1) is 12.0. The predicted molar refractivity (Wildman–Crippen MR) is 99.6 cm³/mol. The molecule has 0 spiro atoms. The zero-order chi connectivity index (χ0) is 18.0. The average Bonchev–Trinajstić information content (AvgIpc) is 3.13. The molecule has 3 N–H and O–H groups in total. The highest BCUT2D eigenvalue weighted by Gasteiger charge is 2.26. The molecule has 3 rings (SSSR count). The summed E-state index contributed by atoms with van der Waals surface area (Å²) in [5.74, 6) is 0.444. The summed E-state index contributed by atoms with van der Waals surface area (Å²) >= 11 is 1.46. The van der Waals surface area contributed by atoms with E-state index in [0.717, 1.165) is 35.5 Å². The number of carbonyl (C=O) groups is 2. The van der Waals surface area contributed by atoms with Crippen LogP contribution in [0.2, 0.25) is 0 Å². The van der Waals surface area contributed by atoms with Gasteiger partial charge in [-0.2, -0.15) is 0 Å². The Labute approximate surface area is 151 Å². The van der Waals surface area contributed by atoms with Crippen molar-refractivity contribution in [1.29, 1.82) is 0 Å². The molecule has 2 amide bonds. The number of nitrogens with one attached hydrogen (secondary N) is 1. The number of nitrogens with two attached hydrogens (primary N) is 1. The molecule has 0 atom stereocenters. The van der Waals surface area contributed by atoms with E-state index in [0.29, 0.717) is 28.7 Å². The number of hydrogen-bond donors (Lipinski definition) is 2. The van der Waals surface area contributed by atoms with E-state index in [2.05, 4.69) is 19.2 Å². The fourth-order valence-electron chi connectivity index (χ4n) is 2.89. The quantitative estimate of drug-likeness (QED) is 0.827. The summed E-state index contributed by atoms with van der Waals surface area (Å²) in [5, 5.41) is 3.40. The van der Waals surface area contributed by atoms with Gasteiger partial charge < -0.3 is 15.8 Å². The van der Waals surface area contributed by atoms with Crippen molar-refractivity contribution in [2.24, 2.45) is 11.7 Å². The lowest BCUT2D eigenvalue weighted by Crippen LogP contribution is -2.17. The lowest BCUT2D eigenvalue weighted by Gasteiger charge is -2.09. The smallest absolute Gasteiger partial charge is 0.256 e. The summed E-state index contributed by atoms with van der Waals surface area (Å²) < 4.78 is 5.62. The Balaban J connectivity index is 1.73. The molecule has 0 fully saturated rings. The van der Waals surface area contributed by atoms with Crippen LogP contribution >= 0.6 is 11.3 Å². The number of carbonyl (C=O) groups excluding carboxylic acids is 2. The number of fused-ring (bicyclic) bond motifs is 1. The molecule has 0 unspecified atom stereocenters. The minimum absolute atomic E-state index is 0.252. The molecule has 1 aliphatic rings. The third-order valence-electron chi connectivity index (χ3n) is 4.09. The van der Waals surface area contributed by atoms with Gasteiger partial charge in [0.25, 0.3) is 11.8 Å². The van der Waals surface area contributed by atoms with Crippen molar-refractivity contribution < 1.29 is 14.3 Å². The molecule has 0 saturated carbocycles. The first-order valence-corrected chi connectivity index (χ1v) is 9.26. The van der Waals surface area contributed by atoms with Crippen molar-refractivity contribution in [1.82, 2.24) is 0 Å². The van der Waals surface area contributed by atoms with Crippen LogP contribution in [-0.4, -0.2) is 18.4 Å². The molecule has 0 saturated heterocycles. The van der Waals surface area contributed by atoms with Gasteiger partial charge in [0.1, 0.15) is 10.8 Å². The predicted octanol–water partition coefficient (Wildman–Crippen LogP) is 3.62. The van der Waals surface area contributed by atoms with E-state index in [1.807, 2.05) is 0 Å². The van der Waals surface area contributed by atoms with Crippen molar-refractivity contribution in [2.45, 2.75) is 33.1 Å². The SMILES string of the molecule is CC(C)COc1ccc(C(=O)Nc2sc3c(c2C(N)=O)CCC3)cc1. The molecule has 1 aliphatic carbocycles. The van der Waals surface area contributed by atoms with Gasteiger partial charge in [0, 0.05) is 10.4 Å². The van der Waals surface area contributed by atoms with Gasteiger partial charge in [0.2, 0.25) is 0 Å². The Bertz CT molecular complexity index is 794. The third-order valence-corrected chi connectivity index (χ3v) is 5.30. The lowest BCUT2D eigenvalue weighted by molar-refractivity contribution is 0.100. The lowest BCUT2D eigenvalue weighted by atomic mass is 10.1. The van der Waals surface area contributed by atoms with Gasteiger partial charge >= 0.3 is 0 Å². The second-order valence-corrected chi connectivity index (χ2v) is 7.71. The largest absolute Gasteiger partial charge is 0.493 e. The molecule has 1 aromatic carbocycles. The fourth-order valence-corrected chi connectivity index (χ4v) is 4.18. The van der Waals surface area contributed by atoms with Crippen molar-refractivity contribution in [3.63, 3.8) is 0 Å². The zero-order valence-corrected chi connectivity index (χ0v) is 15.2. The van der Waals surface area contributed by atoms with Gasteiger partial charge in [-0.3, -0.25) is 9.59 Å². The Morgan fingerprint density at radius 2 is 1.96 bits per heavy atom. The molecule has 5 nitrogen and oxygen atoms in total. The molecule has 1 aromatic heterocycles. The highest BCUT2D eigenvalue weighted by atomic mass is 32.1. The van der Waals surface area contributed by atoms with E-state index in [9.17, 15) is 9.59 Å². The second-order valence-electron chi connectivity index (χ2n) is 6.61. The summed E-state index contributed by atoms with van der Waals surface area (Å²) in [6, 6.07) is 6.99. The first-order valence-electron chi connectivity index (χ1n) is 8.44. The highest BCUT2D eigenvalue weighted by Crippen LogP contribution is 2.39. The molecule has 0 bridgehead atoms. The van der Waals surface area contributed by atoms with Gasteiger partial charge in [-0.15, -0.1) is 11.3 Å². The summed E-state index contributed by atoms with van der Waals surface area (Å²) in [6.45, 7) is 4.79. The Kier molecular flexibility index (Phi) is 5.08. The number of ether oxygens (including phenoxy) is 1. The van der Waals surface area contributed by atoms with E-state index in [1.54, 1.807) is 24.3 Å². The Morgan fingerprint density at radius 3 is 2.60 bits per heavy atom. The van der Waals surface area contributed by atoms with Crippen molar-refractivity contribution in [3.05, 3.63) is 45.8 Å². The Hall–Kier alpha value is -2.34. The summed E-state index contributed by atoms with van der Waals surface area (Å²) in [5.41, 5.74) is 7.52. The summed E-state index contributed by atoms with van der Waals surface area (Å²) in [4.78, 5) is 25.4. The number of hydrogen-bond acceptors (Lipinski definition) is 4. The maximum absolute atomic E-state index is 12.5. The number of aryl methyl sites for hydroxylation is 1. The number of anilines is 1. The first kappa shape index (κ1) is 17.5. The van der Waals surface area contributed by atoms with E-state index in [1.165, 1.54) is 11.3 Å². The van der Waals surface area contributed by atoms with E-state index < -0.39 is 5.91 Å². The van der Waals surface area contributed by atoms with Crippen LogP contribution in [-0.2, 0) is 12.8 Å². The topological polar surface area (TPSA) is 81.4 Å². The van der Waals surface area contributed by atoms with Crippen molar-refractivity contribution in [3.8, 4) is 5.75 Å². The summed E-state index contributed by atoms with van der Waals surface area (Å²) in [6.07, 6.45) is 2.83. The molecule has 2 aromatic rings. The maximum atomic E-state index is 12.5. The normalized spacial score (nSPS) is 12.9. The van der Waals surface area contributed by atoms with Crippen LogP contribution in [0, 0.1) is 5.92 Å². The van der Waals surface area contributed by atoms with E-state index in [4.69, 9.17) is 10.5 Å². The molecule has 6 heteroatoms. The van der Waals surface area contributed by atoms with Crippen molar-refractivity contribution in [2.75, 3.05) is 11.9 Å². The van der Waals surface area contributed by atoms with E-state index in [-0.39, 0.29) is 5.91 Å². The zero-order valence-electron chi connectivity index (χ0n) is 14.4.